The molecule has 3 rings (SSSR count). The number of esters is 1. The number of hydrogen-bond donors (Lipinski definition) is 1. The van der Waals surface area contributed by atoms with Crippen molar-refractivity contribution >= 4 is 16.9 Å². The van der Waals surface area contributed by atoms with Gasteiger partial charge < -0.3 is 19.2 Å². The molecule has 26 heavy (non-hydrogen) atoms. The highest BCUT2D eigenvalue weighted by atomic mass is 16.5. The summed E-state index contributed by atoms with van der Waals surface area (Å²) in [6, 6.07) is 12.2. The van der Waals surface area contributed by atoms with Gasteiger partial charge in [0, 0.05) is 0 Å². The lowest BCUT2D eigenvalue weighted by molar-refractivity contribution is 0.0471. The fourth-order valence-corrected chi connectivity index (χ4v) is 2.73. The number of carbonyl (C=O) groups excluding carboxylic acids is 1. The minimum atomic E-state index is -0.547. The zero-order valence-corrected chi connectivity index (χ0v) is 14.8. The summed E-state index contributed by atoms with van der Waals surface area (Å²) in [5.74, 6) is 0.404. The van der Waals surface area contributed by atoms with Crippen LogP contribution in [0, 0.1) is 6.92 Å². The zero-order valence-electron chi connectivity index (χ0n) is 14.8. The van der Waals surface area contributed by atoms with Gasteiger partial charge in [-0.25, -0.2) is 4.79 Å². The third-order valence-electron chi connectivity index (χ3n) is 4.14. The van der Waals surface area contributed by atoms with E-state index in [1.807, 2.05) is 25.1 Å². The van der Waals surface area contributed by atoms with Gasteiger partial charge in [-0.15, -0.1) is 0 Å². The van der Waals surface area contributed by atoms with Crippen molar-refractivity contribution in [3.05, 3.63) is 69.5 Å². The molecule has 1 heterocycles. The Morgan fingerprint density at radius 2 is 1.81 bits per heavy atom. The smallest absolute Gasteiger partial charge is 0.338 e. The van der Waals surface area contributed by atoms with Crippen molar-refractivity contribution < 1.29 is 19.0 Å². The van der Waals surface area contributed by atoms with Crippen LogP contribution in [0.5, 0.6) is 11.5 Å². The third kappa shape index (κ3) is 3.39. The molecule has 0 radical (unpaired) electrons. The first-order valence-corrected chi connectivity index (χ1v) is 8.04. The molecule has 2 aromatic carbocycles. The highest BCUT2D eigenvalue weighted by molar-refractivity contribution is 5.90. The Labute approximate surface area is 150 Å². The third-order valence-corrected chi connectivity index (χ3v) is 4.14. The summed E-state index contributed by atoms with van der Waals surface area (Å²) < 4.78 is 15.6. The van der Waals surface area contributed by atoms with Crippen LogP contribution in [-0.4, -0.2) is 25.2 Å². The minimum Gasteiger partial charge on any atom is -0.493 e. The number of aryl methyl sites for hydroxylation is 1. The summed E-state index contributed by atoms with van der Waals surface area (Å²) in [4.78, 5) is 27.4. The molecule has 0 amide bonds. The molecule has 6 nitrogen and oxygen atoms in total. The normalized spacial score (nSPS) is 10.6. The number of aromatic amines is 1. The fourth-order valence-electron chi connectivity index (χ4n) is 2.73. The van der Waals surface area contributed by atoms with Gasteiger partial charge in [0.25, 0.3) is 5.56 Å². The average molecular weight is 353 g/mol. The number of H-pyrrole nitrogens is 1. The summed E-state index contributed by atoms with van der Waals surface area (Å²) in [5.41, 5.74) is 2.19. The molecule has 6 heteroatoms. The SMILES string of the molecule is COc1ccc(C(=O)OCc2cc3cccc(C)c3[nH]c2=O)cc1OC. The number of nitrogens with one attached hydrogen (secondary N) is 1. The molecule has 0 saturated heterocycles. The van der Waals surface area contributed by atoms with E-state index in [-0.39, 0.29) is 12.2 Å². The van der Waals surface area contributed by atoms with E-state index >= 15 is 0 Å². The summed E-state index contributed by atoms with van der Waals surface area (Å²) in [6.45, 7) is 1.81. The molecule has 0 fully saturated rings. The molecule has 0 spiro atoms. The first kappa shape index (κ1) is 17.5. The van der Waals surface area contributed by atoms with Crippen molar-refractivity contribution in [1.29, 1.82) is 0 Å². The minimum absolute atomic E-state index is 0.119. The number of benzene rings is 2. The second kappa shape index (κ2) is 7.31. The second-order valence-corrected chi connectivity index (χ2v) is 5.81. The lowest BCUT2D eigenvalue weighted by Crippen LogP contribution is -2.16. The molecule has 0 aliphatic carbocycles. The number of ether oxygens (including phenoxy) is 3. The van der Waals surface area contributed by atoms with E-state index in [1.165, 1.54) is 20.3 Å². The maximum atomic E-state index is 12.3. The molecule has 1 aromatic heterocycles. The summed E-state index contributed by atoms with van der Waals surface area (Å²) in [7, 11) is 3.01. The van der Waals surface area contributed by atoms with Gasteiger partial charge >= 0.3 is 5.97 Å². The largest absolute Gasteiger partial charge is 0.493 e. The lowest BCUT2D eigenvalue weighted by Gasteiger charge is -2.10. The molecule has 3 aromatic rings. The maximum Gasteiger partial charge on any atom is 0.338 e. The molecule has 134 valence electrons. The fraction of sp³-hybridized carbons (Fsp3) is 0.200. The number of fused-ring (bicyclic) bond motifs is 1. The van der Waals surface area contributed by atoms with Gasteiger partial charge in [0.1, 0.15) is 6.61 Å². The lowest BCUT2D eigenvalue weighted by atomic mass is 10.1. The Bertz CT molecular complexity index is 1020. The van der Waals surface area contributed by atoms with E-state index in [2.05, 4.69) is 4.98 Å². The summed E-state index contributed by atoms with van der Waals surface area (Å²) >= 11 is 0. The highest BCUT2D eigenvalue weighted by Crippen LogP contribution is 2.27. The van der Waals surface area contributed by atoms with Gasteiger partial charge in [0.2, 0.25) is 0 Å². The zero-order chi connectivity index (χ0) is 18.7. The molecule has 0 saturated carbocycles. The number of methoxy groups -OCH3 is 2. The van der Waals surface area contributed by atoms with Gasteiger partial charge in [-0.1, -0.05) is 18.2 Å². The van der Waals surface area contributed by atoms with E-state index in [9.17, 15) is 9.59 Å². The molecule has 0 atom stereocenters. The van der Waals surface area contributed by atoms with Crippen LogP contribution in [0.2, 0.25) is 0 Å². The van der Waals surface area contributed by atoms with E-state index in [1.54, 1.807) is 18.2 Å². The topological polar surface area (TPSA) is 77.6 Å². The average Bonchev–Trinajstić information content (AvgIpc) is 2.66. The van der Waals surface area contributed by atoms with Crippen LogP contribution in [0.4, 0.5) is 0 Å². The van der Waals surface area contributed by atoms with Crippen molar-refractivity contribution in [3.8, 4) is 11.5 Å². The van der Waals surface area contributed by atoms with Crippen molar-refractivity contribution in [3.63, 3.8) is 0 Å². The van der Waals surface area contributed by atoms with Crippen LogP contribution >= 0.6 is 0 Å². The number of rotatable bonds is 5. The Morgan fingerprint density at radius 1 is 1.04 bits per heavy atom. The number of pyridine rings is 1. The van der Waals surface area contributed by atoms with E-state index in [4.69, 9.17) is 14.2 Å². The molecular formula is C20H19NO5. The monoisotopic (exact) mass is 353 g/mol. The van der Waals surface area contributed by atoms with Crippen molar-refractivity contribution in [2.45, 2.75) is 13.5 Å². The van der Waals surface area contributed by atoms with Crippen LogP contribution in [0.25, 0.3) is 10.9 Å². The standard InChI is InChI=1S/C20H19NO5/c1-12-5-4-6-13-9-15(19(22)21-18(12)13)11-26-20(23)14-7-8-16(24-2)17(10-14)25-3/h4-10H,11H2,1-3H3,(H,21,22). The summed E-state index contributed by atoms with van der Waals surface area (Å²) in [5, 5.41) is 0.891. The van der Waals surface area contributed by atoms with Gasteiger partial charge in [0.15, 0.2) is 11.5 Å². The van der Waals surface area contributed by atoms with Crippen molar-refractivity contribution in [2.75, 3.05) is 14.2 Å². The molecule has 0 aliphatic heterocycles. The van der Waals surface area contributed by atoms with Gasteiger partial charge in [0.05, 0.1) is 30.9 Å². The van der Waals surface area contributed by atoms with Crippen LogP contribution in [-0.2, 0) is 11.3 Å². The maximum absolute atomic E-state index is 12.3. The number of aromatic nitrogens is 1. The highest BCUT2D eigenvalue weighted by Gasteiger charge is 2.13. The van der Waals surface area contributed by atoms with Crippen molar-refractivity contribution in [2.24, 2.45) is 0 Å². The first-order valence-electron chi connectivity index (χ1n) is 8.04. The van der Waals surface area contributed by atoms with E-state index in [0.717, 1.165) is 16.5 Å². The number of carbonyl (C=O) groups is 1. The Hall–Kier alpha value is -3.28. The molecule has 0 unspecified atom stereocenters. The van der Waals surface area contributed by atoms with Crippen LogP contribution in [0.1, 0.15) is 21.5 Å². The van der Waals surface area contributed by atoms with Gasteiger partial charge in [-0.2, -0.15) is 0 Å². The Kier molecular flexibility index (Phi) is 4.93. The number of para-hydroxylation sites is 1. The van der Waals surface area contributed by atoms with Crippen LogP contribution < -0.4 is 15.0 Å². The Morgan fingerprint density at radius 3 is 2.54 bits per heavy atom. The van der Waals surface area contributed by atoms with E-state index in [0.29, 0.717) is 22.6 Å². The predicted molar refractivity (Wildman–Crippen MR) is 98.0 cm³/mol. The van der Waals surface area contributed by atoms with Crippen molar-refractivity contribution in [1.82, 2.24) is 4.98 Å². The number of hydrogen-bond acceptors (Lipinski definition) is 5. The predicted octanol–water partition coefficient (Wildman–Crippen LogP) is 3.21. The molecule has 1 N–H and O–H groups in total. The van der Waals surface area contributed by atoms with E-state index < -0.39 is 5.97 Å². The van der Waals surface area contributed by atoms with Gasteiger partial charge in [-0.3, -0.25) is 4.79 Å². The molecule has 0 bridgehead atoms. The quantitative estimate of drug-likeness (QED) is 0.713. The first-order chi connectivity index (χ1) is 12.5. The Balaban J connectivity index is 1.81. The molecular weight excluding hydrogens is 334 g/mol. The summed E-state index contributed by atoms with van der Waals surface area (Å²) in [6.07, 6.45) is 0. The van der Waals surface area contributed by atoms with Crippen LogP contribution in [0.15, 0.2) is 47.3 Å². The second-order valence-electron chi connectivity index (χ2n) is 5.81. The van der Waals surface area contributed by atoms with Crippen LogP contribution in [0.3, 0.4) is 0 Å². The molecule has 0 aliphatic rings. The van der Waals surface area contributed by atoms with Gasteiger partial charge in [-0.05, 0) is 42.1 Å².